The van der Waals surface area contributed by atoms with Gasteiger partial charge >= 0.3 is 6.18 Å². The molecule has 0 fully saturated rings. The molecule has 0 saturated heterocycles. The Hall–Kier alpha value is -2.50. The predicted octanol–water partition coefficient (Wildman–Crippen LogP) is 3.53. The maximum absolute atomic E-state index is 12.7. The van der Waals surface area contributed by atoms with Crippen molar-refractivity contribution in [1.82, 2.24) is 9.38 Å². The summed E-state index contributed by atoms with van der Waals surface area (Å²) in [5, 5.41) is 0. The number of hydrogen-bond acceptors (Lipinski definition) is 2. The smallest absolute Gasteiger partial charge is 0.399 e. The molecule has 108 valence electrons. The van der Waals surface area contributed by atoms with Crippen LogP contribution < -0.4 is 5.73 Å². The van der Waals surface area contributed by atoms with E-state index in [0.717, 1.165) is 12.1 Å². The molecule has 0 atom stereocenters. The molecule has 0 aliphatic carbocycles. The van der Waals surface area contributed by atoms with Gasteiger partial charge in [-0.05, 0) is 17.7 Å². The third-order valence-corrected chi connectivity index (χ3v) is 3.17. The van der Waals surface area contributed by atoms with Gasteiger partial charge in [0, 0.05) is 30.6 Å². The topological polar surface area (TPSA) is 43.3 Å². The van der Waals surface area contributed by atoms with Crippen LogP contribution in [0.25, 0.3) is 5.65 Å². The molecule has 2 N–H and O–H groups in total. The highest BCUT2D eigenvalue weighted by Crippen LogP contribution is 2.29. The molecule has 0 bridgehead atoms. The number of aromatic nitrogens is 2. The number of nitrogen functional groups attached to an aromatic ring is 1. The Bertz CT molecular complexity index is 790. The third kappa shape index (κ3) is 2.84. The standard InChI is InChI=1S/C15H12F3N3/c16-15(17,18)11-3-1-2-10(6-11)7-13-9-21-5-4-12(19)8-14(21)20-13/h1-6,8-9H,7,19H2. The Labute approximate surface area is 118 Å². The van der Waals surface area contributed by atoms with Crippen molar-refractivity contribution in [2.45, 2.75) is 12.6 Å². The molecule has 3 rings (SSSR count). The van der Waals surface area contributed by atoms with Crippen molar-refractivity contribution in [3.63, 3.8) is 0 Å². The Morgan fingerprint density at radius 3 is 2.71 bits per heavy atom. The normalized spacial score (nSPS) is 12.0. The zero-order chi connectivity index (χ0) is 15.0. The maximum atomic E-state index is 12.7. The SMILES string of the molecule is Nc1ccn2cc(Cc3cccc(C(F)(F)F)c3)nc2c1. The van der Waals surface area contributed by atoms with Crippen LogP contribution in [0.5, 0.6) is 0 Å². The summed E-state index contributed by atoms with van der Waals surface area (Å²) in [7, 11) is 0. The lowest BCUT2D eigenvalue weighted by molar-refractivity contribution is -0.137. The molecular formula is C15H12F3N3. The zero-order valence-corrected chi connectivity index (χ0v) is 10.9. The Balaban J connectivity index is 1.91. The van der Waals surface area contributed by atoms with Crippen molar-refractivity contribution in [1.29, 1.82) is 0 Å². The molecule has 0 unspecified atom stereocenters. The van der Waals surface area contributed by atoms with Gasteiger partial charge in [-0.3, -0.25) is 0 Å². The average Bonchev–Trinajstić information content (AvgIpc) is 2.79. The molecule has 0 spiro atoms. The molecule has 0 amide bonds. The van der Waals surface area contributed by atoms with Crippen LogP contribution in [0.3, 0.4) is 0 Å². The maximum Gasteiger partial charge on any atom is 0.416 e. The van der Waals surface area contributed by atoms with E-state index < -0.39 is 11.7 Å². The van der Waals surface area contributed by atoms with Gasteiger partial charge in [-0.1, -0.05) is 18.2 Å². The lowest BCUT2D eigenvalue weighted by Gasteiger charge is -2.07. The fourth-order valence-electron chi connectivity index (χ4n) is 2.20. The van der Waals surface area contributed by atoms with Crippen LogP contribution in [0.15, 0.2) is 48.8 Å². The molecule has 0 saturated carbocycles. The van der Waals surface area contributed by atoms with E-state index in [1.165, 1.54) is 6.07 Å². The van der Waals surface area contributed by atoms with Gasteiger partial charge < -0.3 is 10.1 Å². The van der Waals surface area contributed by atoms with E-state index in [1.807, 2.05) is 0 Å². The van der Waals surface area contributed by atoms with Crippen LogP contribution in [-0.4, -0.2) is 9.38 Å². The van der Waals surface area contributed by atoms with Crippen LogP contribution in [0.2, 0.25) is 0 Å². The fourth-order valence-corrected chi connectivity index (χ4v) is 2.20. The second kappa shape index (κ2) is 4.80. The summed E-state index contributed by atoms with van der Waals surface area (Å²) in [5.41, 5.74) is 7.57. The van der Waals surface area contributed by atoms with E-state index in [9.17, 15) is 13.2 Å². The number of halogens is 3. The van der Waals surface area contributed by atoms with Crippen molar-refractivity contribution in [2.75, 3.05) is 5.73 Å². The molecule has 0 radical (unpaired) electrons. The molecule has 1 aromatic carbocycles. The van der Waals surface area contributed by atoms with Crippen molar-refractivity contribution in [2.24, 2.45) is 0 Å². The molecule has 2 heterocycles. The minimum atomic E-state index is -4.33. The highest BCUT2D eigenvalue weighted by atomic mass is 19.4. The van der Waals surface area contributed by atoms with Gasteiger partial charge in [0.05, 0.1) is 11.3 Å². The van der Waals surface area contributed by atoms with Crippen LogP contribution in [-0.2, 0) is 12.6 Å². The largest absolute Gasteiger partial charge is 0.416 e. The second-order valence-electron chi connectivity index (χ2n) is 4.83. The van der Waals surface area contributed by atoms with E-state index in [4.69, 9.17) is 5.73 Å². The van der Waals surface area contributed by atoms with Gasteiger partial charge in [-0.15, -0.1) is 0 Å². The lowest BCUT2D eigenvalue weighted by atomic mass is 10.1. The number of alkyl halides is 3. The molecule has 0 aliphatic rings. The van der Waals surface area contributed by atoms with E-state index in [1.54, 1.807) is 35.0 Å². The second-order valence-corrected chi connectivity index (χ2v) is 4.83. The van der Waals surface area contributed by atoms with Crippen molar-refractivity contribution >= 4 is 11.3 Å². The molecule has 21 heavy (non-hydrogen) atoms. The predicted molar refractivity (Wildman–Crippen MR) is 73.9 cm³/mol. The molecular weight excluding hydrogens is 279 g/mol. The molecule has 3 aromatic rings. The van der Waals surface area contributed by atoms with Gasteiger partial charge in [0.15, 0.2) is 0 Å². The Kier molecular flexibility index (Phi) is 3.08. The first-order valence-electron chi connectivity index (χ1n) is 6.31. The van der Waals surface area contributed by atoms with Gasteiger partial charge in [0.25, 0.3) is 0 Å². The fraction of sp³-hybridized carbons (Fsp3) is 0.133. The van der Waals surface area contributed by atoms with Crippen LogP contribution in [0.1, 0.15) is 16.8 Å². The van der Waals surface area contributed by atoms with E-state index in [0.29, 0.717) is 29.0 Å². The summed E-state index contributed by atoms with van der Waals surface area (Å²) in [4.78, 5) is 4.36. The van der Waals surface area contributed by atoms with Crippen LogP contribution in [0, 0.1) is 0 Å². The highest BCUT2D eigenvalue weighted by Gasteiger charge is 2.30. The first-order valence-corrected chi connectivity index (χ1v) is 6.31. The summed E-state index contributed by atoms with van der Waals surface area (Å²) < 4.78 is 39.8. The minimum absolute atomic E-state index is 0.339. The summed E-state index contributed by atoms with van der Waals surface area (Å²) >= 11 is 0. The number of nitrogens with zero attached hydrogens (tertiary/aromatic N) is 2. The number of anilines is 1. The zero-order valence-electron chi connectivity index (χ0n) is 10.9. The van der Waals surface area contributed by atoms with Crippen molar-refractivity contribution in [3.8, 4) is 0 Å². The molecule has 6 heteroatoms. The Morgan fingerprint density at radius 1 is 1.14 bits per heavy atom. The molecule has 0 aliphatic heterocycles. The lowest BCUT2D eigenvalue weighted by Crippen LogP contribution is -2.05. The van der Waals surface area contributed by atoms with Crippen molar-refractivity contribution < 1.29 is 13.2 Å². The summed E-state index contributed by atoms with van der Waals surface area (Å²) in [6, 6.07) is 8.74. The summed E-state index contributed by atoms with van der Waals surface area (Å²) in [5.74, 6) is 0. The van der Waals surface area contributed by atoms with Crippen molar-refractivity contribution in [3.05, 3.63) is 65.6 Å². The summed E-state index contributed by atoms with van der Waals surface area (Å²) in [6.45, 7) is 0. The third-order valence-electron chi connectivity index (χ3n) is 3.17. The monoisotopic (exact) mass is 291 g/mol. The van der Waals surface area contributed by atoms with E-state index in [2.05, 4.69) is 4.98 Å². The number of hydrogen-bond donors (Lipinski definition) is 1. The van der Waals surface area contributed by atoms with E-state index in [-0.39, 0.29) is 0 Å². The molecule has 3 nitrogen and oxygen atoms in total. The van der Waals surface area contributed by atoms with Gasteiger partial charge in [-0.2, -0.15) is 13.2 Å². The van der Waals surface area contributed by atoms with Gasteiger partial charge in [-0.25, -0.2) is 4.98 Å². The number of benzene rings is 1. The minimum Gasteiger partial charge on any atom is -0.399 e. The number of nitrogens with two attached hydrogens (primary N) is 1. The highest BCUT2D eigenvalue weighted by molar-refractivity contribution is 5.52. The van der Waals surface area contributed by atoms with E-state index >= 15 is 0 Å². The van der Waals surface area contributed by atoms with Crippen LogP contribution in [0.4, 0.5) is 18.9 Å². The average molecular weight is 291 g/mol. The summed E-state index contributed by atoms with van der Waals surface area (Å²) in [6.07, 6.45) is -0.433. The van der Waals surface area contributed by atoms with Crippen LogP contribution >= 0.6 is 0 Å². The van der Waals surface area contributed by atoms with Gasteiger partial charge in [0.2, 0.25) is 0 Å². The quantitative estimate of drug-likeness (QED) is 0.785. The number of pyridine rings is 1. The number of fused-ring (bicyclic) bond motifs is 1. The Morgan fingerprint density at radius 2 is 1.95 bits per heavy atom. The van der Waals surface area contributed by atoms with Gasteiger partial charge in [0.1, 0.15) is 5.65 Å². The number of rotatable bonds is 2. The molecule has 2 aromatic heterocycles. The number of imidazole rings is 1. The first-order chi connectivity index (χ1) is 9.91. The first kappa shape index (κ1) is 13.5.